The summed E-state index contributed by atoms with van der Waals surface area (Å²) >= 11 is 5.24. The molecular formula is C22H30N4O7S. The normalized spacial score (nSPS) is 22.5. The molecule has 0 saturated carbocycles. The summed E-state index contributed by atoms with van der Waals surface area (Å²) < 4.78 is 25.0. The van der Waals surface area contributed by atoms with Crippen molar-refractivity contribution in [3.05, 3.63) is 17.3 Å². The van der Waals surface area contributed by atoms with Gasteiger partial charge in [-0.1, -0.05) is 53.8 Å². The van der Waals surface area contributed by atoms with Crippen molar-refractivity contribution in [1.82, 2.24) is 19.5 Å². The number of fused-ring (bicyclic) bond motifs is 1. The van der Waals surface area contributed by atoms with E-state index in [1.54, 1.807) is 46.1 Å². The minimum atomic E-state index is -1.03. The van der Waals surface area contributed by atoms with Crippen LogP contribution in [0.5, 0.6) is 0 Å². The van der Waals surface area contributed by atoms with Gasteiger partial charge in [0.15, 0.2) is 23.1 Å². The van der Waals surface area contributed by atoms with E-state index < -0.39 is 54.3 Å². The first-order chi connectivity index (χ1) is 16.0. The zero-order valence-corrected chi connectivity index (χ0v) is 20.8. The van der Waals surface area contributed by atoms with Crippen LogP contribution in [0, 0.1) is 22.4 Å². The Labute approximate surface area is 202 Å². The lowest BCUT2D eigenvalue weighted by Gasteiger charge is -2.26. The van der Waals surface area contributed by atoms with E-state index in [0.29, 0.717) is 11.2 Å². The number of hydrogen-bond acceptors (Lipinski definition) is 10. The zero-order chi connectivity index (χ0) is 25.2. The molecule has 2 aromatic heterocycles. The molecule has 12 heteroatoms. The van der Waals surface area contributed by atoms with Crippen LogP contribution in [0.3, 0.4) is 0 Å². The lowest BCUT2D eigenvalue weighted by Crippen LogP contribution is -2.42. The van der Waals surface area contributed by atoms with E-state index in [9.17, 15) is 14.4 Å². The SMILES string of the molecule is CC(C)C(=O)OC[C@H]1O[C@@H](n2cnc3c(=S)nc[nH]c32)[C@@H](OC(=O)C(C)C)[C@H]1OC(=O)C(C)C. The molecule has 186 valence electrons. The molecule has 11 nitrogen and oxygen atoms in total. The van der Waals surface area contributed by atoms with Gasteiger partial charge in [0.25, 0.3) is 0 Å². The summed E-state index contributed by atoms with van der Waals surface area (Å²) in [5, 5.41) is 0. The molecular weight excluding hydrogens is 464 g/mol. The molecule has 1 aliphatic rings. The number of H-pyrrole nitrogens is 1. The maximum Gasteiger partial charge on any atom is 0.308 e. The molecule has 34 heavy (non-hydrogen) atoms. The number of imidazole rings is 1. The monoisotopic (exact) mass is 494 g/mol. The zero-order valence-electron chi connectivity index (χ0n) is 20.0. The van der Waals surface area contributed by atoms with Gasteiger partial charge in [-0.2, -0.15) is 0 Å². The first kappa shape index (κ1) is 25.8. The van der Waals surface area contributed by atoms with Crippen LogP contribution in [0.25, 0.3) is 11.2 Å². The highest BCUT2D eigenvalue weighted by molar-refractivity contribution is 7.71. The molecule has 0 spiro atoms. The summed E-state index contributed by atoms with van der Waals surface area (Å²) in [4.78, 5) is 48.5. The molecule has 1 N–H and O–H groups in total. The average Bonchev–Trinajstić information content (AvgIpc) is 3.34. The van der Waals surface area contributed by atoms with E-state index in [1.165, 1.54) is 12.7 Å². The molecule has 3 heterocycles. The molecule has 1 aliphatic heterocycles. The number of aromatic nitrogens is 4. The van der Waals surface area contributed by atoms with Crippen LogP contribution in [-0.2, 0) is 33.3 Å². The number of carbonyl (C=O) groups excluding carboxylic acids is 3. The number of nitrogens with one attached hydrogen (secondary N) is 1. The van der Waals surface area contributed by atoms with Crippen LogP contribution < -0.4 is 0 Å². The maximum absolute atomic E-state index is 12.6. The van der Waals surface area contributed by atoms with Gasteiger partial charge in [0.2, 0.25) is 0 Å². The minimum Gasteiger partial charge on any atom is -0.463 e. The highest BCUT2D eigenvalue weighted by Gasteiger charge is 2.51. The Kier molecular flexibility index (Phi) is 8.03. The molecule has 0 amide bonds. The van der Waals surface area contributed by atoms with E-state index in [-0.39, 0.29) is 17.2 Å². The first-order valence-corrected chi connectivity index (χ1v) is 11.5. The number of carbonyl (C=O) groups is 3. The first-order valence-electron chi connectivity index (χ1n) is 11.1. The minimum absolute atomic E-state index is 0.191. The van der Waals surface area contributed by atoms with Crippen LogP contribution in [-0.4, -0.2) is 62.3 Å². The predicted molar refractivity (Wildman–Crippen MR) is 122 cm³/mol. The standard InChI is InChI=1S/C22H30N4O7S/c1-10(2)20(27)30-7-13-15(32-21(28)11(3)4)16(33-22(29)12(5)6)19(31-13)26-9-25-14-17(26)23-8-24-18(14)34/h8-13,15-16,19H,7H2,1-6H3,(H,23,24,34)/t13-,15+,16+,19-/m1/s1. The molecule has 0 aromatic carbocycles. The second-order valence-electron chi connectivity index (χ2n) is 9.02. The fourth-order valence-electron chi connectivity index (χ4n) is 3.27. The Morgan fingerprint density at radius 1 is 1.00 bits per heavy atom. The van der Waals surface area contributed by atoms with E-state index in [2.05, 4.69) is 15.0 Å². The summed E-state index contributed by atoms with van der Waals surface area (Å²) in [6, 6.07) is 0. The van der Waals surface area contributed by atoms with E-state index in [0.717, 1.165) is 0 Å². The second-order valence-corrected chi connectivity index (χ2v) is 9.41. The van der Waals surface area contributed by atoms with Gasteiger partial charge < -0.3 is 23.9 Å². The van der Waals surface area contributed by atoms with Gasteiger partial charge in [-0.25, -0.2) is 9.97 Å². The van der Waals surface area contributed by atoms with E-state index >= 15 is 0 Å². The summed E-state index contributed by atoms with van der Waals surface area (Å²) in [5.41, 5.74) is 0.921. The molecule has 2 aromatic rings. The van der Waals surface area contributed by atoms with Crippen LogP contribution in [0.2, 0.25) is 0 Å². The van der Waals surface area contributed by atoms with Crippen LogP contribution >= 0.6 is 12.2 Å². The summed E-state index contributed by atoms with van der Waals surface area (Å²) in [7, 11) is 0. The van der Waals surface area contributed by atoms with Gasteiger partial charge in [0.05, 0.1) is 30.4 Å². The summed E-state index contributed by atoms with van der Waals surface area (Å²) in [5.74, 6) is -2.65. The quantitative estimate of drug-likeness (QED) is 0.331. The van der Waals surface area contributed by atoms with Crippen LogP contribution in [0.4, 0.5) is 0 Å². The van der Waals surface area contributed by atoms with Gasteiger partial charge in [-0.05, 0) is 0 Å². The predicted octanol–water partition coefficient (Wildman–Crippen LogP) is 2.72. The van der Waals surface area contributed by atoms with Crippen molar-refractivity contribution < 1.29 is 33.3 Å². The van der Waals surface area contributed by atoms with Gasteiger partial charge in [-0.3, -0.25) is 19.0 Å². The Hall–Kier alpha value is -2.86. The summed E-state index contributed by atoms with van der Waals surface area (Å²) in [6.45, 7) is 9.99. The van der Waals surface area contributed by atoms with E-state index in [4.69, 9.17) is 31.2 Å². The topological polar surface area (TPSA) is 135 Å². The Bertz CT molecular complexity index is 1110. The lowest BCUT2D eigenvalue weighted by molar-refractivity contribution is -0.173. The Morgan fingerprint density at radius 2 is 1.59 bits per heavy atom. The average molecular weight is 495 g/mol. The van der Waals surface area contributed by atoms with Crippen molar-refractivity contribution in [1.29, 1.82) is 0 Å². The Morgan fingerprint density at radius 3 is 2.18 bits per heavy atom. The maximum atomic E-state index is 12.6. The number of aromatic amines is 1. The molecule has 0 radical (unpaired) electrons. The largest absolute Gasteiger partial charge is 0.463 e. The highest BCUT2D eigenvalue weighted by atomic mass is 32.1. The van der Waals surface area contributed by atoms with E-state index in [1.807, 2.05) is 0 Å². The smallest absolute Gasteiger partial charge is 0.308 e. The lowest BCUT2D eigenvalue weighted by atomic mass is 10.1. The van der Waals surface area contributed by atoms with Crippen molar-refractivity contribution in [3.8, 4) is 0 Å². The molecule has 0 bridgehead atoms. The number of esters is 3. The third kappa shape index (κ3) is 5.44. The van der Waals surface area contributed by atoms with Crippen molar-refractivity contribution in [2.24, 2.45) is 17.8 Å². The van der Waals surface area contributed by atoms with Crippen molar-refractivity contribution in [2.45, 2.75) is 66.1 Å². The van der Waals surface area contributed by atoms with Crippen LogP contribution in [0.1, 0.15) is 47.8 Å². The fraction of sp³-hybridized carbons (Fsp3) is 0.636. The highest BCUT2D eigenvalue weighted by Crippen LogP contribution is 2.36. The number of rotatable bonds is 8. The Balaban J connectivity index is 2.03. The molecule has 4 atom stereocenters. The van der Waals surface area contributed by atoms with Crippen molar-refractivity contribution in [3.63, 3.8) is 0 Å². The van der Waals surface area contributed by atoms with Gasteiger partial charge in [-0.15, -0.1) is 0 Å². The molecule has 1 saturated heterocycles. The van der Waals surface area contributed by atoms with Gasteiger partial charge in [0, 0.05) is 0 Å². The fourth-order valence-corrected chi connectivity index (χ4v) is 3.47. The molecule has 3 rings (SSSR count). The molecule has 0 unspecified atom stereocenters. The van der Waals surface area contributed by atoms with Gasteiger partial charge in [0.1, 0.15) is 23.9 Å². The number of hydrogen-bond donors (Lipinski definition) is 1. The second kappa shape index (κ2) is 10.6. The summed E-state index contributed by atoms with van der Waals surface area (Å²) in [6.07, 6.45) is -0.983. The van der Waals surface area contributed by atoms with Crippen molar-refractivity contribution in [2.75, 3.05) is 6.61 Å². The van der Waals surface area contributed by atoms with Crippen LogP contribution in [0.15, 0.2) is 12.7 Å². The molecule has 0 aliphatic carbocycles. The number of ether oxygens (including phenoxy) is 4. The third-order valence-corrected chi connectivity index (χ3v) is 5.55. The molecule has 1 fully saturated rings. The van der Waals surface area contributed by atoms with Gasteiger partial charge >= 0.3 is 17.9 Å². The van der Waals surface area contributed by atoms with Crippen molar-refractivity contribution >= 4 is 41.3 Å². The number of nitrogens with zero attached hydrogens (tertiary/aromatic N) is 3. The third-order valence-electron chi connectivity index (χ3n) is 5.25.